The molecule has 1 aromatic heterocycles. The molecule has 3 rings (SSSR count). The Kier molecular flexibility index (Phi) is 4.89. The van der Waals surface area contributed by atoms with E-state index in [2.05, 4.69) is 22.2 Å². The number of imidazole rings is 1. The molecule has 0 aliphatic heterocycles. The van der Waals surface area contributed by atoms with Crippen molar-refractivity contribution in [3.63, 3.8) is 0 Å². The Morgan fingerprint density at radius 2 is 2.21 bits per heavy atom. The van der Waals surface area contributed by atoms with E-state index in [1.54, 1.807) is 13.0 Å². The van der Waals surface area contributed by atoms with Gasteiger partial charge in [0.15, 0.2) is 5.16 Å². The number of amides is 3. The zero-order valence-electron chi connectivity index (χ0n) is 13.5. The standard InChI is InChI=1S/C17H20N4O2S/c1-3-10-21-14-7-5-4-6-13(14)19-17(21)24-11(2)15(22)20-16(23)18-12-8-9-12/h3-7,11-12H,1,8-10H2,2H3,(H2,18,20,22,23). The number of urea groups is 1. The molecule has 1 fully saturated rings. The normalized spacial score (nSPS) is 15.0. The Balaban J connectivity index is 1.70. The third kappa shape index (κ3) is 3.79. The second kappa shape index (κ2) is 7.09. The fourth-order valence-electron chi connectivity index (χ4n) is 2.32. The van der Waals surface area contributed by atoms with Gasteiger partial charge in [-0.15, -0.1) is 6.58 Å². The summed E-state index contributed by atoms with van der Waals surface area (Å²) in [6.45, 7) is 6.16. The first kappa shape index (κ1) is 16.6. The van der Waals surface area contributed by atoms with Crippen LogP contribution in [0, 0.1) is 0 Å². The second-order valence-corrected chi connectivity index (χ2v) is 7.09. The summed E-state index contributed by atoms with van der Waals surface area (Å²) >= 11 is 1.33. The average Bonchev–Trinajstić information content (AvgIpc) is 3.30. The second-order valence-electron chi connectivity index (χ2n) is 5.78. The smallest absolute Gasteiger partial charge is 0.321 e. The van der Waals surface area contributed by atoms with E-state index in [9.17, 15) is 9.59 Å². The Labute approximate surface area is 144 Å². The van der Waals surface area contributed by atoms with Gasteiger partial charge in [-0.25, -0.2) is 9.78 Å². The summed E-state index contributed by atoms with van der Waals surface area (Å²) < 4.78 is 2.01. The number of nitrogens with zero attached hydrogens (tertiary/aromatic N) is 2. The van der Waals surface area contributed by atoms with Gasteiger partial charge in [-0.2, -0.15) is 0 Å². The van der Waals surface area contributed by atoms with Crippen molar-refractivity contribution in [1.29, 1.82) is 0 Å². The van der Waals surface area contributed by atoms with Crippen molar-refractivity contribution in [1.82, 2.24) is 20.2 Å². The fourth-order valence-corrected chi connectivity index (χ4v) is 3.26. The molecule has 0 radical (unpaired) electrons. The number of nitrogens with one attached hydrogen (secondary N) is 2. The molecule has 1 aliphatic carbocycles. The van der Waals surface area contributed by atoms with E-state index in [0.29, 0.717) is 6.54 Å². The molecular formula is C17H20N4O2S. The third-order valence-corrected chi connectivity index (χ3v) is 4.82. The lowest BCUT2D eigenvalue weighted by molar-refractivity contribution is -0.119. The van der Waals surface area contributed by atoms with E-state index in [4.69, 9.17) is 0 Å². The van der Waals surface area contributed by atoms with Gasteiger partial charge in [0.05, 0.1) is 16.3 Å². The number of carbonyl (C=O) groups is 2. The molecule has 1 unspecified atom stereocenters. The highest BCUT2D eigenvalue weighted by molar-refractivity contribution is 8.00. The lowest BCUT2D eigenvalue weighted by Crippen LogP contribution is -2.43. The molecule has 1 aliphatic rings. The van der Waals surface area contributed by atoms with E-state index in [-0.39, 0.29) is 11.9 Å². The molecule has 2 aromatic rings. The third-order valence-electron chi connectivity index (χ3n) is 3.73. The first-order chi connectivity index (χ1) is 11.6. The Bertz CT molecular complexity index is 782. The van der Waals surface area contributed by atoms with Crippen LogP contribution in [0.25, 0.3) is 11.0 Å². The Morgan fingerprint density at radius 3 is 2.92 bits per heavy atom. The topological polar surface area (TPSA) is 76.0 Å². The molecule has 1 saturated carbocycles. The lowest BCUT2D eigenvalue weighted by Gasteiger charge is -2.12. The van der Waals surface area contributed by atoms with E-state index >= 15 is 0 Å². The van der Waals surface area contributed by atoms with Gasteiger partial charge in [0.1, 0.15) is 0 Å². The number of hydrogen-bond acceptors (Lipinski definition) is 4. The van der Waals surface area contributed by atoms with Crippen LogP contribution in [0.3, 0.4) is 0 Å². The number of para-hydroxylation sites is 2. The fraction of sp³-hybridized carbons (Fsp3) is 0.353. The molecule has 0 saturated heterocycles. The van der Waals surface area contributed by atoms with Crippen LogP contribution >= 0.6 is 11.8 Å². The highest BCUT2D eigenvalue weighted by Crippen LogP contribution is 2.27. The summed E-state index contributed by atoms with van der Waals surface area (Å²) in [5.74, 6) is -0.324. The van der Waals surface area contributed by atoms with Gasteiger partial charge in [0, 0.05) is 12.6 Å². The largest absolute Gasteiger partial charge is 0.335 e. The van der Waals surface area contributed by atoms with Crippen molar-refractivity contribution in [2.75, 3.05) is 0 Å². The molecule has 3 amide bonds. The van der Waals surface area contributed by atoms with Crippen molar-refractivity contribution in [3.05, 3.63) is 36.9 Å². The Morgan fingerprint density at radius 1 is 1.46 bits per heavy atom. The molecular weight excluding hydrogens is 324 g/mol. The number of rotatable bonds is 6. The van der Waals surface area contributed by atoms with Gasteiger partial charge in [0.2, 0.25) is 5.91 Å². The zero-order chi connectivity index (χ0) is 17.1. The average molecular weight is 344 g/mol. The van der Waals surface area contributed by atoms with Crippen molar-refractivity contribution in [2.45, 2.75) is 42.8 Å². The molecule has 1 aromatic carbocycles. The minimum atomic E-state index is -0.435. The first-order valence-electron chi connectivity index (χ1n) is 7.92. The number of fused-ring (bicyclic) bond motifs is 1. The van der Waals surface area contributed by atoms with E-state index in [1.807, 2.05) is 28.8 Å². The maximum absolute atomic E-state index is 12.2. The van der Waals surface area contributed by atoms with Crippen LogP contribution in [0.5, 0.6) is 0 Å². The van der Waals surface area contributed by atoms with Gasteiger partial charge in [-0.05, 0) is 31.9 Å². The minimum absolute atomic E-state index is 0.220. The maximum Gasteiger partial charge on any atom is 0.321 e. The van der Waals surface area contributed by atoms with Gasteiger partial charge >= 0.3 is 6.03 Å². The van der Waals surface area contributed by atoms with Gasteiger partial charge in [-0.1, -0.05) is 30.0 Å². The summed E-state index contributed by atoms with van der Waals surface area (Å²) in [6.07, 6.45) is 3.76. The van der Waals surface area contributed by atoms with Crippen LogP contribution in [-0.4, -0.2) is 32.8 Å². The summed E-state index contributed by atoms with van der Waals surface area (Å²) in [6, 6.07) is 7.61. The molecule has 6 nitrogen and oxygen atoms in total. The van der Waals surface area contributed by atoms with Crippen molar-refractivity contribution < 1.29 is 9.59 Å². The van der Waals surface area contributed by atoms with Crippen LogP contribution in [-0.2, 0) is 11.3 Å². The summed E-state index contributed by atoms with van der Waals surface area (Å²) in [5.41, 5.74) is 1.87. The van der Waals surface area contributed by atoms with E-state index < -0.39 is 11.3 Å². The lowest BCUT2D eigenvalue weighted by atomic mass is 10.3. The van der Waals surface area contributed by atoms with Crippen LogP contribution in [0.15, 0.2) is 42.1 Å². The first-order valence-corrected chi connectivity index (χ1v) is 8.80. The van der Waals surface area contributed by atoms with Crippen molar-refractivity contribution in [2.24, 2.45) is 0 Å². The Hall–Kier alpha value is -2.28. The molecule has 24 heavy (non-hydrogen) atoms. The predicted molar refractivity (Wildman–Crippen MR) is 94.9 cm³/mol. The molecule has 2 N–H and O–H groups in total. The molecule has 1 heterocycles. The maximum atomic E-state index is 12.2. The van der Waals surface area contributed by atoms with Crippen LogP contribution in [0.2, 0.25) is 0 Å². The van der Waals surface area contributed by atoms with E-state index in [1.165, 1.54) is 11.8 Å². The molecule has 1 atom stereocenters. The minimum Gasteiger partial charge on any atom is -0.335 e. The monoisotopic (exact) mass is 344 g/mol. The molecule has 0 bridgehead atoms. The number of benzene rings is 1. The predicted octanol–water partition coefficient (Wildman–Crippen LogP) is 2.69. The molecule has 0 spiro atoms. The van der Waals surface area contributed by atoms with Crippen LogP contribution < -0.4 is 10.6 Å². The number of thioether (sulfide) groups is 1. The van der Waals surface area contributed by atoms with Crippen LogP contribution in [0.4, 0.5) is 4.79 Å². The number of aromatic nitrogens is 2. The highest BCUT2D eigenvalue weighted by Gasteiger charge is 2.25. The van der Waals surface area contributed by atoms with Crippen LogP contribution in [0.1, 0.15) is 19.8 Å². The van der Waals surface area contributed by atoms with E-state index in [0.717, 1.165) is 29.0 Å². The van der Waals surface area contributed by atoms with Gasteiger partial charge in [0.25, 0.3) is 0 Å². The quantitative estimate of drug-likeness (QED) is 0.624. The molecule has 7 heteroatoms. The highest BCUT2D eigenvalue weighted by atomic mass is 32.2. The summed E-state index contributed by atoms with van der Waals surface area (Å²) in [4.78, 5) is 28.5. The summed E-state index contributed by atoms with van der Waals surface area (Å²) in [5, 5.41) is 5.43. The molecule has 126 valence electrons. The summed E-state index contributed by atoms with van der Waals surface area (Å²) in [7, 11) is 0. The van der Waals surface area contributed by atoms with Crippen molar-refractivity contribution in [3.8, 4) is 0 Å². The van der Waals surface area contributed by atoms with Crippen molar-refractivity contribution >= 4 is 34.7 Å². The number of hydrogen-bond donors (Lipinski definition) is 2. The number of allylic oxidation sites excluding steroid dienone is 1. The SMILES string of the molecule is C=CCn1c(SC(C)C(=O)NC(=O)NC2CC2)nc2ccccc21. The number of carbonyl (C=O) groups excluding carboxylic acids is 2. The number of imide groups is 1. The van der Waals surface area contributed by atoms with Gasteiger partial charge < -0.3 is 9.88 Å². The zero-order valence-corrected chi connectivity index (χ0v) is 14.3. The van der Waals surface area contributed by atoms with Gasteiger partial charge in [-0.3, -0.25) is 10.1 Å².